The molecule has 1 N–H and O–H groups in total. The van der Waals surface area contributed by atoms with Crippen molar-refractivity contribution in [1.82, 2.24) is 10.2 Å². The van der Waals surface area contributed by atoms with Crippen LogP contribution in [0, 0.1) is 6.92 Å². The van der Waals surface area contributed by atoms with Gasteiger partial charge in [-0.15, -0.1) is 0 Å². The topological polar surface area (TPSA) is 96.0 Å². The predicted octanol–water partition coefficient (Wildman–Crippen LogP) is 5.54. The molecular formula is C33H35N3O5S. The van der Waals surface area contributed by atoms with Crippen molar-refractivity contribution in [2.24, 2.45) is 0 Å². The minimum Gasteiger partial charge on any atom is -0.457 e. The van der Waals surface area contributed by atoms with Crippen molar-refractivity contribution < 1.29 is 22.7 Å². The number of para-hydroxylation sites is 1. The Morgan fingerprint density at radius 3 is 1.95 bits per heavy atom. The fraction of sp³-hybridized carbons (Fsp3) is 0.212. The third kappa shape index (κ3) is 7.36. The standard InChI is InChI=1S/C33H35N3O5S/c1-4-31(33(38)34-3)35(23-26-11-7-5-8-12-26)32(37)24-36(42(39,40)30-21-15-25(2)16-22-30)27-17-19-29(20-18-27)41-28-13-9-6-10-14-28/h5-22,31H,4,23-24H2,1-3H3,(H,34,38). The monoisotopic (exact) mass is 585 g/mol. The number of ether oxygens (including phenoxy) is 1. The first-order valence-corrected chi connectivity index (χ1v) is 15.1. The van der Waals surface area contributed by atoms with Crippen LogP contribution in [0.15, 0.2) is 114 Å². The van der Waals surface area contributed by atoms with Gasteiger partial charge in [-0.2, -0.15) is 0 Å². The van der Waals surface area contributed by atoms with E-state index in [1.165, 1.54) is 24.1 Å². The zero-order chi connectivity index (χ0) is 30.1. The van der Waals surface area contributed by atoms with E-state index in [4.69, 9.17) is 4.74 Å². The molecule has 0 saturated heterocycles. The number of anilines is 1. The van der Waals surface area contributed by atoms with Gasteiger partial charge in [0, 0.05) is 13.6 Å². The van der Waals surface area contributed by atoms with Crippen molar-refractivity contribution in [2.45, 2.75) is 37.8 Å². The van der Waals surface area contributed by atoms with Crippen molar-refractivity contribution >= 4 is 27.5 Å². The van der Waals surface area contributed by atoms with Gasteiger partial charge in [-0.05, 0) is 67.4 Å². The van der Waals surface area contributed by atoms with Gasteiger partial charge in [-0.1, -0.05) is 73.2 Å². The third-order valence-corrected chi connectivity index (χ3v) is 8.61. The quantitative estimate of drug-likeness (QED) is 0.236. The number of amides is 2. The maximum atomic E-state index is 14.0. The first-order valence-electron chi connectivity index (χ1n) is 13.7. The van der Waals surface area contributed by atoms with Crippen molar-refractivity contribution in [1.29, 1.82) is 0 Å². The molecule has 0 spiro atoms. The van der Waals surface area contributed by atoms with E-state index in [0.29, 0.717) is 17.9 Å². The highest BCUT2D eigenvalue weighted by Gasteiger charge is 2.33. The molecule has 42 heavy (non-hydrogen) atoms. The third-order valence-electron chi connectivity index (χ3n) is 6.82. The summed E-state index contributed by atoms with van der Waals surface area (Å²) in [5.74, 6) is 0.327. The molecule has 1 atom stereocenters. The number of nitrogens with one attached hydrogen (secondary N) is 1. The Kier molecular flexibility index (Phi) is 9.98. The molecule has 0 fully saturated rings. The molecule has 9 heteroatoms. The molecule has 0 bridgehead atoms. The number of nitrogens with zero attached hydrogens (tertiary/aromatic N) is 2. The lowest BCUT2D eigenvalue weighted by molar-refractivity contribution is -0.140. The highest BCUT2D eigenvalue weighted by molar-refractivity contribution is 7.92. The SMILES string of the molecule is CCC(C(=O)NC)N(Cc1ccccc1)C(=O)CN(c1ccc(Oc2ccccc2)cc1)S(=O)(=O)c1ccc(C)cc1. The minimum absolute atomic E-state index is 0.0541. The number of likely N-dealkylation sites (N-methyl/N-ethyl adjacent to an activating group) is 1. The van der Waals surface area contributed by atoms with Gasteiger partial charge in [0.2, 0.25) is 11.8 Å². The summed E-state index contributed by atoms with van der Waals surface area (Å²) < 4.78 is 35.0. The maximum absolute atomic E-state index is 14.0. The van der Waals surface area contributed by atoms with Gasteiger partial charge in [0.1, 0.15) is 24.1 Å². The van der Waals surface area contributed by atoms with E-state index in [-0.39, 0.29) is 23.0 Å². The second-order valence-corrected chi connectivity index (χ2v) is 11.6. The van der Waals surface area contributed by atoms with Crippen LogP contribution in [-0.4, -0.2) is 44.8 Å². The first kappa shape index (κ1) is 30.3. The number of carbonyl (C=O) groups is 2. The fourth-order valence-corrected chi connectivity index (χ4v) is 5.95. The van der Waals surface area contributed by atoms with Crippen molar-refractivity contribution in [2.75, 3.05) is 17.9 Å². The molecule has 2 amide bonds. The largest absolute Gasteiger partial charge is 0.457 e. The Labute approximate surface area is 247 Å². The molecule has 0 aliphatic rings. The predicted molar refractivity (Wildman–Crippen MR) is 164 cm³/mol. The lowest BCUT2D eigenvalue weighted by atomic mass is 10.1. The van der Waals surface area contributed by atoms with Crippen LogP contribution in [0.1, 0.15) is 24.5 Å². The van der Waals surface area contributed by atoms with Gasteiger partial charge < -0.3 is 15.0 Å². The smallest absolute Gasteiger partial charge is 0.264 e. The number of sulfonamides is 1. The van der Waals surface area contributed by atoms with Gasteiger partial charge in [-0.3, -0.25) is 13.9 Å². The summed E-state index contributed by atoms with van der Waals surface area (Å²) in [7, 11) is -2.64. The Morgan fingerprint density at radius 1 is 0.810 bits per heavy atom. The van der Waals surface area contributed by atoms with Gasteiger partial charge in [0.15, 0.2) is 0 Å². The number of aryl methyl sites for hydroxylation is 1. The molecule has 0 aromatic heterocycles. The van der Waals surface area contributed by atoms with Crippen LogP contribution in [0.5, 0.6) is 11.5 Å². The molecule has 4 aromatic rings. The van der Waals surface area contributed by atoms with Crippen LogP contribution >= 0.6 is 0 Å². The number of rotatable bonds is 12. The summed E-state index contributed by atoms with van der Waals surface area (Å²) in [5.41, 5.74) is 2.02. The molecule has 0 aliphatic carbocycles. The van der Waals surface area contributed by atoms with Crippen LogP contribution in [0.25, 0.3) is 0 Å². The average Bonchev–Trinajstić information content (AvgIpc) is 3.01. The van der Waals surface area contributed by atoms with E-state index in [2.05, 4.69) is 5.32 Å². The van der Waals surface area contributed by atoms with Crippen LogP contribution in [-0.2, 0) is 26.2 Å². The van der Waals surface area contributed by atoms with E-state index in [1.807, 2.05) is 74.5 Å². The Hall–Kier alpha value is -4.63. The molecule has 0 radical (unpaired) electrons. The Morgan fingerprint density at radius 2 is 1.38 bits per heavy atom. The summed E-state index contributed by atoms with van der Waals surface area (Å²) in [5, 5.41) is 2.63. The van der Waals surface area contributed by atoms with Crippen molar-refractivity contribution in [3.8, 4) is 11.5 Å². The highest BCUT2D eigenvalue weighted by atomic mass is 32.2. The molecule has 4 aromatic carbocycles. The normalized spacial score (nSPS) is 11.8. The number of carbonyl (C=O) groups excluding carboxylic acids is 2. The van der Waals surface area contributed by atoms with Crippen LogP contribution in [0.3, 0.4) is 0 Å². The van der Waals surface area contributed by atoms with Gasteiger partial charge in [0.05, 0.1) is 10.6 Å². The average molecular weight is 586 g/mol. The summed E-state index contributed by atoms with van der Waals surface area (Å²) in [6.45, 7) is 3.33. The van der Waals surface area contributed by atoms with E-state index < -0.39 is 28.5 Å². The number of hydrogen-bond donors (Lipinski definition) is 1. The summed E-state index contributed by atoms with van der Waals surface area (Å²) in [4.78, 5) is 28.3. The summed E-state index contributed by atoms with van der Waals surface area (Å²) in [6.07, 6.45) is 0.356. The molecule has 0 heterocycles. The van der Waals surface area contributed by atoms with Gasteiger partial charge in [0.25, 0.3) is 10.0 Å². The minimum atomic E-state index is -4.16. The summed E-state index contributed by atoms with van der Waals surface area (Å²) >= 11 is 0. The van der Waals surface area contributed by atoms with E-state index >= 15 is 0 Å². The fourth-order valence-electron chi connectivity index (χ4n) is 4.54. The van der Waals surface area contributed by atoms with Gasteiger partial charge in [-0.25, -0.2) is 8.42 Å². The Balaban J connectivity index is 1.71. The number of hydrogen-bond acceptors (Lipinski definition) is 5. The molecule has 0 aliphatic heterocycles. The zero-order valence-corrected chi connectivity index (χ0v) is 24.8. The molecule has 218 valence electrons. The second kappa shape index (κ2) is 13.8. The van der Waals surface area contributed by atoms with Crippen LogP contribution in [0.2, 0.25) is 0 Å². The van der Waals surface area contributed by atoms with E-state index in [9.17, 15) is 18.0 Å². The lowest BCUT2D eigenvalue weighted by Gasteiger charge is -2.33. The van der Waals surface area contributed by atoms with Crippen molar-refractivity contribution in [3.05, 3.63) is 120 Å². The van der Waals surface area contributed by atoms with Gasteiger partial charge >= 0.3 is 0 Å². The van der Waals surface area contributed by atoms with E-state index in [0.717, 1.165) is 15.4 Å². The molecular weight excluding hydrogens is 550 g/mol. The maximum Gasteiger partial charge on any atom is 0.264 e. The number of benzene rings is 4. The highest BCUT2D eigenvalue weighted by Crippen LogP contribution is 2.29. The summed E-state index contributed by atoms with van der Waals surface area (Å²) in [6, 6.07) is 30.8. The molecule has 1 unspecified atom stereocenters. The molecule has 8 nitrogen and oxygen atoms in total. The zero-order valence-electron chi connectivity index (χ0n) is 23.9. The lowest BCUT2D eigenvalue weighted by Crippen LogP contribution is -2.51. The van der Waals surface area contributed by atoms with Crippen molar-refractivity contribution in [3.63, 3.8) is 0 Å². The van der Waals surface area contributed by atoms with Crippen LogP contribution < -0.4 is 14.4 Å². The van der Waals surface area contributed by atoms with E-state index in [1.54, 1.807) is 36.4 Å². The van der Waals surface area contributed by atoms with Crippen LogP contribution in [0.4, 0.5) is 5.69 Å². The Bertz CT molecular complexity index is 1580. The molecule has 4 rings (SSSR count). The second-order valence-electron chi connectivity index (χ2n) is 9.78. The molecule has 0 saturated carbocycles. The first-order chi connectivity index (χ1) is 20.2.